The third-order valence-electron chi connectivity index (χ3n) is 2.14. The zero-order valence-electron chi connectivity index (χ0n) is 9.89. The molecule has 0 radical (unpaired) electrons. The van der Waals surface area contributed by atoms with Crippen LogP contribution in [-0.2, 0) is 9.53 Å². The van der Waals surface area contributed by atoms with Crippen LogP contribution in [0.25, 0.3) is 6.08 Å². The molecule has 0 aromatic heterocycles. The highest BCUT2D eigenvalue weighted by Gasteiger charge is 2.09. The Labute approximate surface area is 99.2 Å². The molecular formula is C12H14O5. The van der Waals surface area contributed by atoms with Gasteiger partial charge in [0.05, 0.1) is 26.9 Å². The lowest BCUT2D eigenvalue weighted by Crippen LogP contribution is -1.95. The zero-order chi connectivity index (χ0) is 12.8. The Bertz CT molecular complexity index is 437. The van der Waals surface area contributed by atoms with Gasteiger partial charge in [-0.25, -0.2) is 4.79 Å². The summed E-state index contributed by atoms with van der Waals surface area (Å²) in [6, 6.07) is 3.04. The fraction of sp³-hybridized carbons (Fsp3) is 0.250. The molecule has 0 aliphatic heterocycles. The van der Waals surface area contributed by atoms with Crippen molar-refractivity contribution in [3.05, 3.63) is 23.8 Å². The van der Waals surface area contributed by atoms with Crippen molar-refractivity contribution in [2.24, 2.45) is 0 Å². The van der Waals surface area contributed by atoms with Crippen LogP contribution in [0.1, 0.15) is 5.56 Å². The zero-order valence-corrected chi connectivity index (χ0v) is 9.89. The van der Waals surface area contributed by atoms with Crippen LogP contribution in [0.3, 0.4) is 0 Å². The smallest absolute Gasteiger partial charge is 0.330 e. The first kappa shape index (κ1) is 12.9. The highest BCUT2D eigenvalue weighted by atomic mass is 16.5. The first-order chi connectivity index (χ1) is 8.12. The van der Waals surface area contributed by atoms with Gasteiger partial charge in [-0.2, -0.15) is 0 Å². The van der Waals surface area contributed by atoms with Gasteiger partial charge in [-0.3, -0.25) is 0 Å². The van der Waals surface area contributed by atoms with Crippen molar-refractivity contribution in [1.82, 2.24) is 0 Å². The van der Waals surface area contributed by atoms with Crippen molar-refractivity contribution in [3.8, 4) is 17.2 Å². The van der Waals surface area contributed by atoms with E-state index in [2.05, 4.69) is 4.74 Å². The fourth-order valence-electron chi connectivity index (χ4n) is 1.26. The minimum Gasteiger partial charge on any atom is -0.507 e. The molecule has 5 nitrogen and oxygen atoms in total. The van der Waals surface area contributed by atoms with Gasteiger partial charge in [0.1, 0.15) is 17.2 Å². The van der Waals surface area contributed by atoms with Gasteiger partial charge in [-0.05, 0) is 6.08 Å². The van der Waals surface area contributed by atoms with Gasteiger partial charge in [-0.1, -0.05) is 0 Å². The summed E-state index contributed by atoms with van der Waals surface area (Å²) in [6.45, 7) is 0. The second-order valence-corrected chi connectivity index (χ2v) is 3.12. The van der Waals surface area contributed by atoms with E-state index < -0.39 is 5.97 Å². The van der Waals surface area contributed by atoms with Crippen LogP contribution in [-0.4, -0.2) is 32.4 Å². The summed E-state index contributed by atoms with van der Waals surface area (Å²) in [5.74, 6) is 0.320. The van der Waals surface area contributed by atoms with Gasteiger partial charge in [0.2, 0.25) is 0 Å². The standard InChI is InChI=1S/C12H14O5/c1-15-8-6-10(13)9(11(7-8)16-2)4-5-12(14)17-3/h4-7,13H,1-3H3. The number of methoxy groups -OCH3 is 3. The summed E-state index contributed by atoms with van der Waals surface area (Å²) in [5, 5.41) is 9.76. The van der Waals surface area contributed by atoms with Gasteiger partial charge in [0, 0.05) is 18.2 Å². The molecule has 0 fully saturated rings. The van der Waals surface area contributed by atoms with Crippen LogP contribution in [0, 0.1) is 0 Å². The van der Waals surface area contributed by atoms with Crippen molar-refractivity contribution < 1.29 is 24.1 Å². The molecule has 0 saturated carbocycles. The van der Waals surface area contributed by atoms with E-state index in [0.717, 1.165) is 0 Å². The summed E-state index contributed by atoms with van der Waals surface area (Å²) >= 11 is 0. The number of benzene rings is 1. The number of carbonyl (C=O) groups is 1. The third kappa shape index (κ3) is 3.14. The van der Waals surface area contributed by atoms with E-state index in [1.54, 1.807) is 6.07 Å². The number of rotatable bonds is 4. The highest BCUT2D eigenvalue weighted by molar-refractivity contribution is 5.88. The Kier molecular flexibility index (Phi) is 4.39. The van der Waals surface area contributed by atoms with Gasteiger partial charge in [0.15, 0.2) is 0 Å². The summed E-state index contributed by atoms with van der Waals surface area (Å²) in [4.78, 5) is 11.0. The van der Waals surface area contributed by atoms with Crippen LogP contribution < -0.4 is 9.47 Å². The molecule has 1 aromatic carbocycles. The Balaban J connectivity index is 3.14. The van der Waals surface area contributed by atoms with Gasteiger partial charge in [-0.15, -0.1) is 0 Å². The van der Waals surface area contributed by atoms with Crippen molar-refractivity contribution in [3.63, 3.8) is 0 Å². The van der Waals surface area contributed by atoms with Gasteiger partial charge < -0.3 is 19.3 Å². The minimum atomic E-state index is -0.512. The van der Waals surface area contributed by atoms with Crippen molar-refractivity contribution in [2.75, 3.05) is 21.3 Å². The fourth-order valence-corrected chi connectivity index (χ4v) is 1.26. The van der Waals surface area contributed by atoms with E-state index in [-0.39, 0.29) is 5.75 Å². The third-order valence-corrected chi connectivity index (χ3v) is 2.14. The lowest BCUT2D eigenvalue weighted by molar-refractivity contribution is -0.134. The Morgan fingerprint density at radius 2 is 1.94 bits per heavy atom. The molecule has 1 N–H and O–H groups in total. The number of hydrogen-bond donors (Lipinski definition) is 1. The Morgan fingerprint density at radius 1 is 1.24 bits per heavy atom. The highest BCUT2D eigenvalue weighted by Crippen LogP contribution is 2.34. The van der Waals surface area contributed by atoms with E-state index in [1.165, 1.54) is 39.5 Å². The maximum atomic E-state index is 11.0. The summed E-state index contributed by atoms with van der Waals surface area (Å²) < 4.78 is 14.5. The number of ether oxygens (including phenoxy) is 3. The number of phenolic OH excluding ortho intramolecular Hbond substituents is 1. The quantitative estimate of drug-likeness (QED) is 0.637. The van der Waals surface area contributed by atoms with Crippen LogP contribution in [0.2, 0.25) is 0 Å². The van der Waals surface area contributed by atoms with Gasteiger partial charge in [0.25, 0.3) is 0 Å². The summed E-state index contributed by atoms with van der Waals surface area (Å²) in [5.41, 5.74) is 0.388. The molecule has 0 aliphatic carbocycles. The summed E-state index contributed by atoms with van der Waals surface area (Å²) in [7, 11) is 4.22. The van der Waals surface area contributed by atoms with Crippen LogP contribution in [0.4, 0.5) is 0 Å². The molecule has 1 aromatic rings. The molecule has 0 amide bonds. The lowest BCUT2D eigenvalue weighted by Gasteiger charge is -2.09. The largest absolute Gasteiger partial charge is 0.507 e. The number of phenols is 1. The molecule has 5 heteroatoms. The van der Waals surface area contributed by atoms with Crippen LogP contribution in [0.15, 0.2) is 18.2 Å². The lowest BCUT2D eigenvalue weighted by atomic mass is 10.1. The Morgan fingerprint density at radius 3 is 2.47 bits per heavy atom. The van der Waals surface area contributed by atoms with Crippen molar-refractivity contribution in [2.45, 2.75) is 0 Å². The maximum absolute atomic E-state index is 11.0. The maximum Gasteiger partial charge on any atom is 0.330 e. The average molecular weight is 238 g/mol. The topological polar surface area (TPSA) is 65.0 Å². The molecular weight excluding hydrogens is 224 g/mol. The minimum absolute atomic E-state index is 0.0404. The van der Waals surface area contributed by atoms with Crippen LogP contribution >= 0.6 is 0 Å². The molecule has 0 aliphatic rings. The monoisotopic (exact) mass is 238 g/mol. The molecule has 0 unspecified atom stereocenters. The number of hydrogen-bond acceptors (Lipinski definition) is 5. The van der Waals surface area contributed by atoms with E-state index >= 15 is 0 Å². The Hall–Kier alpha value is -2.17. The van der Waals surface area contributed by atoms with E-state index in [4.69, 9.17) is 9.47 Å². The molecule has 0 saturated heterocycles. The van der Waals surface area contributed by atoms with E-state index in [9.17, 15) is 9.90 Å². The number of esters is 1. The first-order valence-corrected chi connectivity index (χ1v) is 4.83. The molecule has 0 atom stereocenters. The second kappa shape index (κ2) is 5.79. The van der Waals surface area contributed by atoms with Crippen LogP contribution in [0.5, 0.6) is 17.2 Å². The SMILES string of the molecule is COC(=O)C=Cc1c(O)cc(OC)cc1OC. The van der Waals surface area contributed by atoms with Crippen molar-refractivity contribution >= 4 is 12.0 Å². The first-order valence-electron chi connectivity index (χ1n) is 4.83. The molecule has 1 rings (SSSR count). The molecule has 0 spiro atoms. The molecule has 17 heavy (non-hydrogen) atoms. The second-order valence-electron chi connectivity index (χ2n) is 3.12. The predicted molar refractivity (Wildman–Crippen MR) is 62.3 cm³/mol. The van der Waals surface area contributed by atoms with E-state index in [0.29, 0.717) is 17.1 Å². The number of carbonyl (C=O) groups excluding carboxylic acids is 1. The summed E-state index contributed by atoms with van der Waals surface area (Å²) in [6.07, 6.45) is 2.61. The normalized spacial score (nSPS) is 10.3. The average Bonchev–Trinajstić information content (AvgIpc) is 2.35. The predicted octanol–water partition coefficient (Wildman–Crippen LogP) is 1.60. The molecule has 0 bridgehead atoms. The molecule has 0 heterocycles. The van der Waals surface area contributed by atoms with E-state index in [1.807, 2.05) is 0 Å². The number of aromatic hydroxyl groups is 1. The molecule has 92 valence electrons. The van der Waals surface area contributed by atoms with Crippen molar-refractivity contribution in [1.29, 1.82) is 0 Å². The van der Waals surface area contributed by atoms with Gasteiger partial charge >= 0.3 is 5.97 Å².